The van der Waals surface area contributed by atoms with Crippen molar-refractivity contribution in [3.05, 3.63) is 46.9 Å². The van der Waals surface area contributed by atoms with Gasteiger partial charge in [0.1, 0.15) is 0 Å². The maximum Gasteiger partial charge on any atom is 0.243 e. The van der Waals surface area contributed by atoms with Crippen LogP contribution in [0.5, 0.6) is 0 Å². The van der Waals surface area contributed by atoms with E-state index in [1.165, 1.54) is 11.3 Å². The van der Waals surface area contributed by atoms with Crippen LogP contribution in [0.15, 0.2) is 46.1 Å². The smallest absolute Gasteiger partial charge is 0.243 e. The summed E-state index contributed by atoms with van der Waals surface area (Å²) in [5.41, 5.74) is 0.976. The summed E-state index contributed by atoms with van der Waals surface area (Å²) in [4.78, 5) is 18.9. The average molecular weight is 422 g/mol. The molecule has 0 saturated carbocycles. The van der Waals surface area contributed by atoms with Gasteiger partial charge in [-0.05, 0) is 48.8 Å². The van der Waals surface area contributed by atoms with Crippen molar-refractivity contribution in [2.75, 3.05) is 26.7 Å². The van der Waals surface area contributed by atoms with Crippen LogP contribution in [0.25, 0.3) is 0 Å². The molecule has 0 radical (unpaired) electrons. The number of rotatable bonds is 8. The third-order valence-electron chi connectivity index (χ3n) is 5.24. The van der Waals surface area contributed by atoms with Crippen molar-refractivity contribution in [1.82, 2.24) is 14.2 Å². The zero-order valence-electron chi connectivity index (χ0n) is 16.2. The van der Waals surface area contributed by atoms with E-state index in [4.69, 9.17) is 0 Å². The van der Waals surface area contributed by atoms with E-state index in [0.29, 0.717) is 31.0 Å². The van der Waals surface area contributed by atoms with Crippen molar-refractivity contribution in [3.8, 4) is 0 Å². The first-order chi connectivity index (χ1) is 13.5. The summed E-state index contributed by atoms with van der Waals surface area (Å²) in [6, 6.07) is 7.44. The molecule has 8 heteroatoms. The van der Waals surface area contributed by atoms with Crippen LogP contribution in [-0.4, -0.2) is 55.2 Å². The Morgan fingerprint density at radius 1 is 1.36 bits per heavy atom. The number of carbonyl (C=O) groups excluding carboxylic acids is 1. The molecule has 3 heterocycles. The molecule has 1 saturated heterocycles. The minimum atomic E-state index is -3.40. The number of carbonyl (C=O) groups is 1. The number of aromatic nitrogens is 1. The zero-order chi connectivity index (χ0) is 20.0. The Balaban J connectivity index is 1.46. The quantitative estimate of drug-likeness (QED) is 0.657. The first-order valence-electron chi connectivity index (χ1n) is 9.63. The Morgan fingerprint density at radius 3 is 2.93 bits per heavy atom. The summed E-state index contributed by atoms with van der Waals surface area (Å²) in [6.07, 6.45) is 5.49. The van der Waals surface area contributed by atoms with Gasteiger partial charge in [0.2, 0.25) is 15.9 Å². The predicted molar refractivity (Wildman–Crippen MR) is 111 cm³/mol. The lowest BCUT2D eigenvalue weighted by Crippen LogP contribution is -2.40. The second kappa shape index (κ2) is 9.62. The van der Waals surface area contributed by atoms with Gasteiger partial charge in [-0.15, -0.1) is 0 Å². The van der Waals surface area contributed by atoms with Crippen molar-refractivity contribution < 1.29 is 13.2 Å². The first kappa shape index (κ1) is 21.0. The third-order valence-corrected chi connectivity index (χ3v) is 7.93. The van der Waals surface area contributed by atoms with Crippen LogP contribution in [0, 0.1) is 5.92 Å². The van der Waals surface area contributed by atoms with Crippen molar-refractivity contribution in [2.24, 2.45) is 5.92 Å². The van der Waals surface area contributed by atoms with Crippen LogP contribution in [0.4, 0.5) is 0 Å². The number of nitrogens with zero attached hydrogens (tertiary/aromatic N) is 3. The fourth-order valence-corrected chi connectivity index (χ4v) is 6.07. The molecule has 0 unspecified atom stereocenters. The second-order valence-corrected chi connectivity index (χ2v) is 9.97. The van der Waals surface area contributed by atoms with Crippen LogP contribution in [-0.2, 0) is 21.2 Å². The Kier molecular flexibility index (Phi) is 7.20. The second-order valence-electron chi connectivity index (χ2n) is 7.26. The fourth-order valence-electron chi connectivity index (χ4n) is 3.50. The minimum absolute atomic E-state index is 0.105. The van der Waals surface area contributed by atoms with E-state index in [9.17, 15) is 13.2 Å². The molecule has 3 rings (SSSR count). The fraction of sp³-hybridized carbons (Fsp3) is 0.500. The highest BCUT2D eigenvalue weighted by atomic mass is 32.2. The third kappa shape index (κ3) is 5.40. The summed E-state index contributed by atoms with van der Waals surface area (Å²) >= 11 is 1.39. The molecule has 1 aliphatic rings. The number of pyridine rings is 1. The normalized spacial score (nSPS) is 18.1. The highest BCUT2D eigenvalue weighted by molar-refractivity contribution is 7.89. The Labute approximate surface area is 171 Å². The highest BCUT2D eigenvalue weighted by Gasteiger charge is 2.30. The van der Waals surface area contributed by atoms with Gasteiger partial charge in [0, 0.05) is 56.8 Å². The highest BCUT2D eigenvalue weighted by Crippen LogP contribution is 2.27. The van der Waals surface area contributed by atoms with Crippen LogP contribution < -0.4 is 0 Å². The van der Waals surface area contributed by atoms with Gasteiger partial charge in [0.05, 0.1) is 4.90 Å². The Hall–Kier alpha value is -1.77. The molecule has 1 aliphatic heterocycles. The molecule has 0 N–H and O–H groups in total. The number of sulfonamides is 1. The lowest BCUT2D eigenvalue weighted by atomic mass is 9.94. The van der Waals surface area contributed by atoms with E-state index in [2.05, 4.69) is 4.98 Å². The topological polar surface area (TPSA) is 70.6 Å². The van der Waals surface area contributed by atoms with Crippen LogP contribution >= 0.6 is 11.3 Å². The van der Waals surface area contributed by atoms with Gasteiger partial charge < -0.3 is 4.90 Å². The van der Waals surface area contributed by atoms with E-state index in [0.717, 1.165) is 31.4 Å². The number of hydrogen-bond acceptors (Lipinski definition) is 5. The summed E-state index contributed by atoms with van der Waals surface area (Å²) < 4.78 is 27.0. The number of amides is 1. The summed E-state index contributed by atoms with van der Waals surface area (Å²) in [5, 5.41) is 3.47. The van der Waals surface area contributed by atoms with Gasteiger partial charge >= 0.3 is 0 Å². The molecular formula is C20H27N3O3S2. The van der Waals surface area contributed by atoms with E-state index < -0.39 is 10.0 Å². The molecule has 0 aliphatic carbocycles. The van der Waals surface area contributed by atoms with Gasteiger partial charge in [-0.2, -0.15) is 15.6 Å². The first-order valence-corrected chi connectivity index (χ1v) is 12.0. The molecule has 152 valence electrons. The number of thiophene rings is 1. The van der Waals surface area contributed by atoms with Crippen LogP contribution in [0.3, 0.4) is 0 Å². The van der Waals surface area contributed by atoms with Gasteiger partial charge in [-0.1, -0.05) is 6.07 Å². The molecule has 28 heavy (non-hydrogen) atoms. The molecule has 2 aromatic rings. The molecule has 0 spiro atoms. The van der Waals surface area contributed by atoms with Crippen LogP contribution in [0.1, 0.15) is 31.4 Å². The maximum absolute atomic E-state index is 12.7. The Bertz CT molecular complexity index is 854. The lowest BCUT2D eigenvalue weighted by molar-refractivity contribution is -0.130. The zero-order valence-corrected chi connectivity index (χ0v) is 17.8. The van der Waals surface area contributed by atoms with Gasteiger partial charge in [0.15, 0.2) is 0 Å². The molecule has 6 nitrogen and oxygen atoms in total. The van der Waals surface area contributed by atoms with E-state index in [1.807, 2.05) is 25.2 Å². The molecule has 1 atom stereocenters. The largest absolute Gasteiger partial charge is 0.345 e. The van der Waals surface area contributed by atoms with E-state index >= 15 is 0 Å². The summed E-state index contributed by atoms with van der Waals surface area (Å²) in [7, 11) is -1.59. The monoisotopic (exact) mass is 421 g/mol. The molecular weight excluding hydrogens is 394 g/mol. The number of likely N-dealkylation sites (N-methyl/N-ethyl adjacent to an activating group) is 1. The summed E-state index contributed by atoms with van der Waals surface area (Å²) in [5.74, 6) is 0.337. The lowest BCUT2D eigenvalue weighted by Gasteiger charge is -2.32. The molecule has 1 amide bonds. The standard InChI is InChI=1S/C20H27N3O3S2/c1-22(13-9-18-6-2-3-11-21-18)20(24)8-7-17-5-4-12-23(15-17)28(25,26)19-10-14-27-16-19/h2-3,6,10-11,14,16-17H,4-5,7-9,12-13,15H2,1H3/t17-/m1/s1. The summed E-state index contributed by atoms with van der Waals surface area (Å²) in [6.45, 7) is 1.70. The molecule has 0 aromatic carbocycles. The van der Waals surface area contributed by atoms with Crippen LogP contribution in [0.2, 0.25) is 0 Å². The predicted octanol–water partition coefficient (Wildman–Crippen LogP) is 3.03. The molecule has 0 bridgehead atoms. The van der Waals surface area contributed by atoms with Gasteiger partial charge in [-0.3, -0.25) is 9.78 Å². The number of hydrogen-bond donors (Lipinski definition) is 0. The van der Waals surface area contributed by atoms with Crippen molar-refractivity contribution in [2.45, 2.75) is 37.0 Å². The SMILES string of the molecule is CN(CCc1ccccn1)C(=O)CC[C@H]1CCCN(S(=O)(=O)c2ccsc2)C1. The maximum atomic E-state index is 12.7. The van der Waals surface area contributed by atoms with E-state index in [-0.39, 0.29) is 11.8 Å². The van der Waals surface area contributed by atoms with Crippen molar-refractivity contribution >= 4 is 27.3 Å². The van der Waals surface area contributed by atoms with Crippen molar-refractivity contribution in [1.29, 1.82) is 0 Å². The van der Waals surface area contributed by atoms with Gasteiger partial charge in [0.25, 0.3) is 0 Å². The van der Waals surface area contributed by atoms with Crippen molar-refractivity contribution in [3.63, 3.8) is 0 Å². The number of piperidine rings is 1. The molecule has 1 fully saturated rings. The Morgan fingerprint density at radius 2 is 2.21 bits per heavy atom. The molecule has 2 aromatic heterocycles. The van der Waals surface area contributed by atoms with E-state index in [1.54, 1.807) is 32.2 Å². The average Bonchev–Trinajstić information content (AvgIpc) is 3.27. The minimum Gasteiger partial charge on any atom is -0.345 e. The van der Waals surface area contributed by atoms with Gasteiger partial charge in [-0.25, -0.2) is 8.42 Å².